The van der Waals surface area contributed by atoms with Crippen LogP contribution in [0.4, 0.5) is 26.3 Å². The lowest BCUT2D eigenvalue weighted by Crippen LogP contribution is -2.48. The normalized spacial score (nSPS) is 17.6. The molecule has 0 spiro atoms. The quantitative estimate of drug-likeness (QED) is 0.111. The molecule has 41 heavy (non-hydrogen) atoms. The molecule has 4 aromatic heterocycles. The van der Waals surface area contributed by atoms with E-state index in [0.717, 1.165) is 34.1 Å². The fourth-order valence-electron chi connectivity index (χ4n) is 4.90. The van der Waals surface area contributed by atoms with E-state index in [4.69, 9.17) is 0 Å². The van der Waals surface area contributed by atoms with E-state index in [1.54, 1.807) is 25.0 Å². The molecule has 220 valence electrons. The van der Waals surface area contributed by atoms with Gasteiger partial charge < -0.3 is 20.6 Å². The second-order valence-electron chi connectivity index (χ2n) is 9.85. The molecule has 0 saturated carbocycles. The van der Waals surface area contributed by atoms with Crippen LogP contribution in [0.2, 0.25) is 0 Å². The van der Waals surface area contributed by atoms with E-state index >= 15 is 17.6 Å². The summed E-state index contributed by atoms with van der Waals surface area (Å²) in [7, 11) is 0. The van der Waals surface area contributed by atoms with Crippen molar-refractivity contribution in [3.05, 3.63) is 79.2 Å². The maximum atomic E-state index is 15.4. The Balaban J connectivity index is 1.42. The molecule has 14 heteroatoms. The number of nitrogens with one attached hydrogen (secondary N) is 4. The van der Waals surface area contributed by atoms with Crippen molar-refractivity contribution in [1.82, 2.24) is 30.6 Å². The highest BCUT2D eigenvalue weighted by molar-refractivity contribution is 7.12. The number of alkyl halides is 6. The summed E-state index contributed by atoms with van der Waals surface area (Å²) in [6.45, 7) is 4.60. The molecule has 0 unspecified atom stereocenters. The molecule has 4 heterocycles. The predicted molar refractivity (Wildman–Crippen MR) is 148 cm³/mol. The minimum atomic E-state index is -5.58. The van der Waals surface area contributed by atoms with Crippen LogP contribution in [-0.2, 0) is 25.9 Å². The van der Waals surface area contributed by atoms with E-state index in [1.807, 2.05) is 0 Å². The third-order valence-corrected chi connectivity index (χ3v) is 9.09. The highest BCUT2D eigenvalue weighted by atomic mass is 32.1. The molecule has 0 aromatic carbocycles. The molecule has 1 aliphatic carbocycles. The summed E-state index contributed by atoms with van der Waals surface area (Å²) in [5, 5.41) is 6.33. The number of rotatable bonds is 12. The van der Waals surface area contributed by atoms with E-state index in [0.29, 0.717) is 35.7 Å². The second kappa shape index (κ2) is 11.4. The standard InChI is InChI=1S/C27H28F6N6S2/c1-15-21(7-19(40-15)11-34-5-3-17-9-36-13-38-17)23-24(26(30,31)27(32,33)25(23,28)29)22-8-20(41-16(22)2)12-35-6-4-18-10-37-14-39-18/h7-10,13-14,34-35H,3-6,11-12H2,1-2H3,(H,36,38)(H,37,39). The Kier molecular flexibility index (Phi) is 8.21. The lowest BCUT2D eigenvalue weighted by atomic mass is 9.95. The summed E-state index contributed by atoms with van der Waals surface area (Å²) < 4.78 is 91.1. The lowest BCUT2D eigenvalue weighted by Gasteiger charge is -2.25. The molecule has 5 rings (SSSR count). The van der Waals surface area contributed by atoms with Crippen molar-refractivity contribution in [2.45, 2.75) is 57.5 Å². The van der Waals surface area contributed by atoms with Gasteiger partial charge in [0.2, 0.25) is 0 Å². The average Bonchev–Trinajstić information content (AvgIpc) is 3.72. The minimum Gasteiger partial charge on any atom is -0.348 e. The number of H-pyrrole nitrogens is 2. The van der Waals surface area contributed by atoms with Crippen molar-refractivity contribution in [1.29, 1.82) is 0 Å². The van der Waals surface area contributed by atoms with Crippen LogP contribution < -0.4 is 10.6 Å². The Bertz CT molecular complexity index is 1390. The van der Waals surface area contributed by atoms with Crippen LogP contribution in [0, 0.1) is 13.8 Å². The number of aromatic nitrogens is 4. The number of aromatic amines is 2. The zero-order chi connectivity index (χ0) is 29.4. The molecule has 1 aliphatic rings. The summed E-state index contributed by atoms with van der Waals surface area (Å²) in [6, 6.07) is 2.65. The van der Waals surface area contributed by atoms with E-state index in [9.17, 15) is 8.78 Å². The van der Waals surface area contributed by atoms with Gasteiger partial charge in [-0.1, -0.05) is 0 Å². The van der Waals surface area contributed by atoms with Crippen LogP contribution in [0.15, 0.2) is 37.2 Å². The predicted octanol–water partition coefficient (Wildman–Crippen LogP) is 6.37. The smallest absolute Gasteiger partial charge is 0.348 e. The van der Waals surface area contributed by atoms with Gasteiger partial charge in [0, 0.05) is 93.5 Å². The monoisotopic (exact) mass is 614 g/mol. The van der Waals surface area contributed by atoms with Crippen LogP contribution in [-0.4, -0.2) is 50.8 Å². The maximum absolute atomic E-state index is 15.4. The minimum absolute atomic E-state index is 0.268. The second-order valence-corrected chi connectivity index (χ2v) is 12.5. The largest absolute Gasteiger partial charge is 0.380 e. The average molecular weight is 615 g/mol. The topological polar surface area (TPSA) is 81.4 Å². The maximum Gasteiger partial charge on any atom is 0.380 e. The summed E-state index contributed by atoms with van der Waals surface area (Å²) in [5.74, 6) is -15.7. The number of hydrogen-bond acceptors (Lipinski definition) is 6. The van der Waals surface area contributed by atoms with Gasteiger partial charge in [-0.15, -0.1) is 22.7 Å². The lowest BCUT2D eigenvalue weighted by molar-refractivity contribution is -0.254. The fraction of sp³-hybridized carbons (Fsp3) is 0.407. The first-order valence-corrected chi connectivity index (χ1v) is 14.5. The Hall–Kier alpha value is -2.94. The van der Waals surface area contributed by atoms with E-state index in [1.165, 1.54) is 26.0 Å². The van der Waals surface area contributed by atoms with Crippen molar-refractivity contribution >= 4 is 33.8 Å². The number of thiophene rings is 2. The van der Waals surface area contributed by atoms with E-state index < -0.39 is 28.9 Å². The van der Waals surface area contributed by atoms with Crippen molar-refractivity contribution in [3.63, 3.8) is 0 Å². The number of halogens is 6. The molecule has 0 radical (unpaired) electrons. The summed E-state index contributed by atoms with van der Waals surface area (Å²) in [6.07, 6.45) is 7.75. The Morgan fingerprint density at radius 1 is 0.707 bits per heavy atom. The molecule has 4 N–H and O–H groups in total. The summed E-state index contributed by atoms with van der Waals surface area (Å²) in [4.78, 5) is 15.5. The molecule has 0 fully saturated rings. The van der Waals surface area contributed by atoms with Crippen LogP contribution >= 0.6 is 22.7 Å². The van der Waals surface area contributed by atoms with Gasteiger partial charge in [-0.25, -0.2) is 9.97 Å². The van der Waals surface area contributed by atoms with Crippen molar-refractivity contribution < 1.29 is 26.3 Å². The van der Waals surface area contributed by atoms with Gasteiger partial charge in [-0.2, -0.15) is 26.3 Å². The molecule has 0 bridgehead atoms. The Morgan fingerprint density at radius 3 is 1.49 bits per heavy atom. The molecule has 0 atom stereocenters. The van der Waals surface area contributed by atoms with Crippen molar-refractivity contribution in [2.75, 3.05) is 13.1 Å². The molecule has 6 nitrogen and oxygen atoms in total. The highest BCUT2D eigenvalue weighted by Gasteiger charge is 2.80. The van der Waals surface area contributed by atoms with E-state index in [2.05, 4.69) is 30.6 Å². The number of imidazole rings is 2. The summed E-state index contributed by atoms with van der Waals surface area (Å²) >= 11 is 2.23. The first kappa shape index (κ1) is 29.5. The molecule has 0 saturated heterocycles. The zero-order valence-corrected chi connectivity index (χ0v) is 23.8. The first-order valence-electron chi connectivity index (χ1n) is 12.9. The molecular formula is C27H28F6N6S2. The van der Waals surface area contributed by atoms with Crippen molar-refractivity contribution in [2.24, 2.45) is 0 Å². The molecule has 0 aliphatic heterocycles. The fourth-order valence-corrected chi connectivity index (χ4v) is 6.93. The number of nitrogens with zero attached hydrogens (tertiary/aromatic N) is 2. The van der Waals surface area contributed by atoms with Crippen LogP contribution in [0.3, 0.4) is 0 Å². The van der Waals surface area contributed by atoms with Gasteiger partial charge in [0.05, 0.1) is 12.7 Å². The molecule has 0 amide bonds. The number of hydrogen-bond donors (Lipinski definition) is 4. The third kappa shape index (κ3) is 5.49. The SMILES string of the molecule is Cc1sc(CNCCc2cnc[nH]2)cc1C1=C(c2cc(CNCCc3cnc[nH]3)sc2C)C(F)(F)C(F)(F)C1(F)F. The van der Waals surface area contributed by atoms with Gasteiger partial charge in [0.25, 0.3) is 0 Å². The van der Waals surface area contributed by atoms with Crippen LogP contribution in [0.1, 0.15) is 42.0 Å². The molecule has 4 aromatic rings. The zero-order valence-electron chi connectivity index (χ0n) is 22.2. The van der Waals surface area contributed by atoms with Crippen LogP contribution in [0.25, 0.3) is 11.1 Å². The van der Waals surface area contributed by atoms with Gasteiger partial charge >= 0.3 is 17.8 Å². The first-order chi connectivity index (χ1) is 19.4. The van der Waals surface area contributed by atoms with Gasteiger partial charge in [0.1, 0.15) is 0 Å². The summed E-state index contributed by atoms with van der Waals surface area (Å²) in [5.41, 5.74) is -1.34. The van der Waals surface area contributed by atoms with Gasteiger partial charge in [-0.3, -0.25) is 0 Å². The van der Waals surface area contributed by atoms with E-state index in [-0.39, 0.29) is 34.0 Å². The number of aryl methyl sites for hydroxylation is 2. The number of allylic oxidation sites excluding steroid dienone is 2. The Morgan fingerprint density at radius 2 is 1.12 bits per heavy atom. The van der Waals surface area contributed by atoms with Crippen molar-refractivity contribution in [3.8, 4) is 0 Å². The third-order valence-electron chi connectivity index (χ3n) is 6.99. The van der Waals surface area contributed by atoms with Crippen LogP contribution in [0.5, 0.6) is 0 Å². The van der Waals surface area contributed by atoms with Gasteiger partial charge in [-0.05, 0) is 37.1 Å². The van der Waals surface area contributed by atoms with Gasteiger partial charge in [0.15, 0.2) is 0 Å². The molecular weight excluding hydrogens is 586 g/mol. The Labute approximate surface area is 240 Å². The highest BCUT2D eigenvalue weighted by Crippen LogP contribution is 2.65.